The van der Waals surface area contributed by atoms with Gasteiger partial charge in [0, 0.05) is 48.8 Å². The van der Waals surface area contributed by atoms with Crippen LogP contribution in [0.5, 0.6) is 0 Å². The maximum atomic E-state index is 12.5. The monoisotopic (exact) mass is 431 g/mol. The van der Waals surface area contributed by atoms with Crippen LogP contribution in [0.3, 0.4) is 0 Å². The molecule has 0 aliphatic carbocycles. The quantitative estimate of drug-likeness (QED) is 0.526. The summed E-state index contributed by atoms with van der Waals surface area (Å²) < 4.78 is 5.55. The standard InChI is InChI=1S/C24H25N5O3/c1-16(30)27-19-9-7-17(8-10-19)22-11-12-25-24(29-22)28-20-5-2-4-18(14-20)23(31)26-15-21-6-3-13-32-21/h2,4-5,7-12,14,21H,3,6,13,15H2,1H3,(H,26,31)(H,27,30)(H,25,28,29). The smallest absolute Gasteiger partial charge is 0.251 e. The van der Waals surface area contributed by atoms with Crippen LogP contribution in [0.15, 0.2) is 60.8 Å². The minimum Gasteiger partial charge on any atom is -0.376 e. The van der Waals surface area contributed by atoms with Gasteiger partial charge < -0.3 is 20.7 Å². The molecule has 0 spiro atoms. The fraction of sp³-hybridized carbons (Fsp3) is 0.250. The predicted molar refractivity (Wildman–Crippen MR) is 123 cm³/mol. The molecule has 3 aromatic rings. The molecule has 1 aliphatic heterocycles. The molecule has 2 heterocycles. The summed E-state index contributed by atoms with van der Waals surface area (Å²) in [5, 5.41) is 8.83. The van der Waals surface area contributed by atoms with E-state index in [1.54, 1.807) is 18.3 Å². The summed E-state index contributed by atoms with van der Waals surface area (Å²) in [4.78, 5) is 32.5. The molecular weight excluding hydrogens is 406 g/mol. The number of nitrogens with one attached hydrogen (secondary N) is 3. The van der Waals surface area contributed by atoms with Gasteiger partial charge in [0.1, 0.15) is 0 Å². The highest BCUT2D eigenvalue weighted by molar-refractivity contribution is 5.95. The lowest BCUT2D eigenvalue weighted by atomic mass is 10.1. The van der Waals surface area contributed by atoms with Gasteiger partial charge in [-0.25, -0.2) is 9.97 Å². The maximum Gasteiger partial charge on any atom is 0.251 e. The molecule has 4 rings (SSSR count). The van der Waals surface area contributed by atoms with Crippen LogP contribution in [0, 0.1) is 0 Å². The van der Waals surface area contributed by atoms with Crippen molar-refractivity contribution in [2.75, 3.05) is 23.8 Å². The first-order valence-corrected chi connectivity index (χ1v) is 10.5. The van der Waals surface area contributed by atoms with Gasteiger partial charge in [0.05, 0.1) is 11.8 Å². The Morgan fingerprint density at radius 3 is 2.69 bits per heavy atom. The van der Waals surface area contributed by atoms with Crippen LogP contribution < -0.4 is 16.0 Å². The number of nitrogens with zero attached hydrogens (tertiary/aromatic N) is 2. The third-order valence-electron chi connectivity index (χ3n) is 5.05. The average Bonchev–Trinajstić information content (AvgIpc) is 3.32. The molecule has 3 N–H and O–H groups in total. The molecule has 32 heavy (non-hydrogen) atoms. The Labute approximate surface area is 186 Å². The van der Waals surface area contributed by atoms with E-state index in [0.29, 0.717) is 23.7 Å². The van der Waals surface area contributed by atoms with Crippen molar-refractivity contribution >= 4 is 29.1 Å². The maximum absolute atomic E-state index is 12.5. The minimum atomic E-state index is -0.141. The number of amides is 2. The molecule has 2 amide bonds. The fourth-order valence-corrected chi connectivity index (χ4v) is 3.49. The number of carbonyl (C=O) groups is 2. The van der Waals surface area contributed by atoms with E-state index in [2.05, 4.69) is 25.9 Å². The predicted octanol–water partition coefficient (Wildman–Crippen LogP) is 3.75. The van der Waals surface area contributed by atoms with Crippen molar-refractivity contribution in [3.05, 3.63) is 66.4 Å². The second kappa shape index (κ2) is 10.0. The number of hydrogen-bond acceptors (Lipinski definition) is 6. The van der Waals surface area contributed by atoms with Crippen LogP contribution in [0.25, 0.3) is 11.3 Å². The zero-order valence-corrected chi connectivity index (χ0v) is 17.8. The highest BCUT2D eigenvalue weighted by Crippen LogP contribution is 2.22. The van der Waals surface area contributed by atoms with Crippen molar-refractivity contribution in [2.45, 2.75) is 25.9 Å². The molecule has 1 atom stereocenters. The van der Waals surface area contributed by atoms with E-state index in [1.807, 2.05) is 42.5 Å². The molecule has 164 valence electrons. The highest BCUT2D eigenvalue weighted by Gasteiger charge is 2.16. The lowest BCUT2D eigenvalue weighted by molar-refractivity contribution is -0.114. The van der Waals surface area contributed by atoms with Crippen molar-refractivity contribution in [2.24, 2.45) is 0 Å². The minimum absolute atomic E-state index is 0.101. The SMILES string of the molecule is CC(=O)Nc1ccc(-c2ccnc(Nc3cccc(C(=O)NCC4CCCO4)c3)n2)cc1. The molecule has 0 radical (unpaired) electrons. The zero-order valence-electron chi connectivity index (χ0n) is 17.8. The summed E-state index contributed by atoms with van der Waals surface area (Å²) in [7, 11) is 0. The second-order valence-electron chi connectivity index (χ2n) is 7.57. The molecule has 8 heteroatoms. The van der Waals surface area contributed by atoms with E-state index < -0.39 is 0 Å². The molecule has 1 saturated heterocycles. The first-order valence-electron chi connectivity index (χ1n) is 10.5. The average molecular weight is 431 g/mol. The van der Waals surface area contributed by atoms with E-state index >= 15 is 0 Å². The van der Waals surface area contributed by atoms with E-state index in [9.17, 15) is 9.59 Å². The first-order chi connectivity index (χ1) is 15.6. The molecule has 1 aliphatic rings. The molecule has 8 nitrogen and oxygen atoms in total. The van der Waals surface area contributed by atoms with Gasteiger partial charge in [-0.15, -0.1) is 0 Å². The molecular formula is C24H25N5O3. The van der Waals surface area contributed by atoms with Crippen LogP contribution in [0.1, 0.15) is 30.1 Å². The van der Waals surface area contributed by atoms with Crippen molar-refractivity contribution in [3.8, 4) is 11.3 Å². The molecule has 0 bridgehead atoms. The zero-order chi connectivity index (χ0) is 22.3. The Morgan fingerprint density at radius 1 is 1.09 bits per heavy atom. The van der Waals surface area contributed by atoms with E-state index in [1.165, 1.54) is 6.92 Å². The number of carbonyl (C=O) groups excluding carboxylic acids is 2. The van der Waals surface area contributed by atoms with Crippen molar-refractivity contribution in [3.63, 3.8) is 0 Å². The van der Waals surface area contributed by atoms with Gasteiger partial charge in [-0.05, 0) is 49.2 Å². The Bertz CT molecular complexity index is 1090. The summed E-state index contributed by atoms with van der Waals surface area (Å²) in [6.45, 7) is 2.75. The van der Waals surface area contributed by atoms with Crippen molar-refractivity contribution < 1.29 is 14.3 Å². The Balaban J connectivity index is 1.42. The fourth-order valence-electron chi connectivity index (χ4n) is 3.49. The van der Waals surface area contributed by atoms with Crippen LogP contribution in [0.2, 0.25) is 0 Å². The topological polar surface area (TPSA) is 105 Å². The van der Waals surface area contributed by atoms with Crippen LogP contribution in [-0.2, 0) is 9.53 Å². The van der Waals surface area contributed by atoms with Gasteiger partial charge in [0.2, 0.25) is 11.9 Å². The largest absolute Gasteiger partial charge is 0.376 e. The van der Waals surface area contributed by atoms with Gasteiger partial charge >= 0.3 is 0 Å². The molecule has 0 saturated carbocycles. The highest BCUT2D eigenvalue weighted by atomic mass is 16.5. The molecule has 1 fully saturated rings. The lowest BCUT2D eigenvalue weighted by Crippen LogP contribution is -2.31. The Kier molecular flexibility index (Phi) is 6.72. The van der Waals surface area contributed by atoms with E-state index in [4.69, 9.17) is 4.74 Å². The Hall–Kier alpha value is -3.78. The van der Waals surface area contributed by atoms with Crippen molar-refractivity contribution in [1.82, 2.24) is 15.3 Å². The van der Waals surface area contributed by atoms with Crippen LogP contribution >= 0.6 is 0 Å². The van der Waals surface area contributed by atoms with Gasteiger partial charge in [-0.3, -0.25) is 9.59 Å². The number of benzene rings is 2. The summed E-state index contributed by atoms with van der Waals surface area (Å²) in [5.41, 5.74) is 3.63. The summed E-state index contributed by atoms with van der Waals surface area (Å²) >= 11 is 0. The van der Waals surface area contributed by atoms with E-state index in [0.717, 1.165) is 36.4 Å². The number of hydrogen-bond donors (Lipinski definition) is 3. The van der Waals surface area contributed by atoms with Crippen molar-refractivity contribution in [1.29, 1.82) is 0 Å². The van der Waals surface area contributed by atoms with E-state index in [-0.39, 0.29) is 17.9 Å². The van der Waals surface area contributed by atoms with Gasteiger partial charge in [-0.2, -0.15) is 0 Å². The molecule has 1 aromatic heterocycles. The number of rotatable bonds is 7. The van der Waals surface area contributed by atoms with Crippen LogP contribution in [0.4, 0.5) is 17.3 Å². The lowest BCUT2D eigenvalue weighted by Gasteiger charge is -2.12. The third-order valence-corrected chi connectivity index (χ3v) is 5.05. The van der Waals surface area contributed by atoms with Gasteiger partial charge in [0.25, 0.3) is 5.91 Å². The second-order valence-corrected chi connectivity index (χ2v) is 7.57. The molecule has 2 aromatic carbocycles. The van der Waals surface area contributed by atoms with Gasteiger partial charge in [0.15, 0.2) is 0 Å². The summed E-state index contributed by atoms with van der Waals surface area (Å²) in [6.07, 6.45) is 3.79. The van der Waals surface area contributed by atoms with Gasteiger partial charge in [-0.1, -0.05) is 18.2 Å². The normalized spacial score (nSPS) is 15.2. The summed E-state index contributed by atoms with van der Waals surface area (Å²) in [5.74, 6) is 0.164. The summed E-state index contributed by atoms with van der Waals surface area (Å²) in [6, 6.07) is 16.4. The first kappa shape index (κ1) is 21.5. The number of anilines is 3. The number of ether oxygens (including phenoxy) is 1. The number of aromatic nitrogens is 2. The Morgan fingerprint density at radius 2 is 1.94 bits per heavy atom. The molecule has 1 unspecified atom stereocenters. The third kappa shape index (κ3) is 5.67. The van der Waals surface area contributed by atoms with Crippen LogP contribution in [-0.4, -0.2) is 41.0 Å².